The van der Waals surface area contributed by atoms with Crippen LogP contribution in [0.1, 0.15) is 28.3 Å². The summed E-state index contributed by atoms with van der Waals surface area (Å²) in [5, 5.41) is 3.02. The molecule has 1 unspecified atom stereocenters. The third-order valence-corrected chi connectivity index (χ3v) is 3.70. The van der Waals surface area contributed by atoms with Crippen LogP contribution in [0.5, 0.6) is 0 Å². The van der Waals surface area contributed by atoms with Gasteiger partial charge in [-0.2, -0.15) is 0 Å². The van der Waals surface area contributed by atoms with Gasteiger partial charge in [-0.25, -0.2) is 8.78 Å². The van der Waals surface area contributed by atoms with Gasteiger partial charge in [-0.05, 0) is 50.1 Å². The highest BCUT2D eigenvalue weighted by Crippen LogP contribution is 2.26. The molecule has 1 atom stereocenters. The number of aryl methyl sites for hydroxylation is 2. The predicted octanol–water partition coefficient (Wildman–Crippen LogP) is 4.08. The van der Waals surface area contributed by atoms with Crippen molar-refractivity contribution in [3.05, 3.63) is 70.3 Å². The van der Waals surface area contributed by atoms with Crippen LogP contribution in [0.25, 0.3) is 0 Å². The fraction of sp³-hybridized carbons (Fsp3) is 0.294. The van der Waals surface area contributed by atoms with E-state index in [1.165, 1.54) is 12.1 Å². The van der Waals surface area contributed by atoms with Crippen LogP contribution in [0.2, 0.25) is 0 Å². The number of hydrogen-bond acceptors (Lipinski definition) is 1. The van der Waals surface area contributed by atoms with Crippen LogP contribution < -0.4 is 5.32 Å². The van der Waals surface area contributed by atoms with Crippen molar-refractivity contribution in [3.8, 4) is 0 Å². The first kappa shape index (κ1) is 14.7. The Labute approximate surface area is 118 Å². The second-order valence-corrected chi connectivity index (χ2v) is 5.06. The summed E-state index contributed by atoms with van der Waals surface area (Å²) >= 11 is 0. The molecule has 0 fully saturated rings. The summed E-state index contributed by atoms with van der Waals surface area (Å²) < 4.78 is 28.2. The van der Waals surface area contributed by atoms with E-state index in [0.717, 1.165) is 11.1 Å². The molecule has 0 heterocycles. The van der Waals surface area contributed by atoms with Crippen molar-refractivity contribution in [3.63, 3.8) is 0 Å². The van der Waals surface area contributed by atoms with Crippen LogP contribution in [-0.2, 0) is 6.42 Å². The molecule has 1 nitrogen and oxygen atoms in total. The Morgan fingerprint density at radius 1 is 1.00 bits per heavy atom. The summed E-state index contributed by atoms with van der Waals surface area (Å²) in [6, 6.07) is 10.3. The van der Waals surface area contributed by atoms with Gasteiger partial charge in [0.25, 0.3) is 0 Å². The van der Waals surface area contributed by atoms with E-state index in [9.17, 15) is 8.78 Å². The third-order valence-electron chi connectivity index (χ3n) is 3.70. The topological polar surface area (TPSA) is 12.0 Å². The molecule has 0 saturated carbocycles. The predicted molar refractivity (Wildman–Crippen MR) is 77.8 cm³/mol. The molecule has 2 rings (SSSR count). The minimum atomic E-state index is -0.499. The zero-order valence-corrected chi connectivity index (χ0v) is 12.0. The molecule has 0 aliphatic heterocycles. The van der Waals surface area contributed by atoms with Gasteiger partial charge in [0.05, 0.1) is 0 Å². The lowest BCUT2D eigenvalue weighted by molar-refractivity contribution is 0.485. The first-order chi connectivity index (χ1) is 9.54. The van der Waals surface area contributed by atoms with Gasteiger partial charge < -0.3 is 5.32 Å². The van der Waals surface area contributed by atoms with E-state index in [2.05, 4.69) is 5.32 Å². The Morgan fingerprint density at radius 2 is 1.70 bits per heavy atom. The number of likely N-dealkylation sites (N-methyl/N-ethyl adjacent to an activating group) is 1. The molecular weight excluding hydrogens is 256 g/mol. The molecule has 106 valence electrons. The largest absolute Gasteiger partial charge is 0.313 e. The molecule has 0 radical (unpaired) electrons. The molecule has 0 saturated heterocycles. The van der Waals surface area contributed by atoms with Gasteiger partial charge in [-0.15, -0.1) is 0 Å². The highest BCUT2D eigenvalue weighted by Gasteiger charge is 2.21. The molecule has 0 amide bonds. The zero-order valence-electron chi connectivity index (χ0n) is 12.0. The number of benzene rings is 2. The molecule has 0 spiro atoms. The number of hydrogen-bond donors (Lipinski definition) is 1. The minimum absolute atomic E-state index is 0.121. The van der Waals surface area contributed by atoms with Crippen molar-refractivity contribution in [2.45, 2.75) is 26.3 Å². The zero-order chi connectivity index (χ0) is 14.7. The van der Waals surface area contributed by atoms with Crippen molar-refractivity contribution >= 4 is 0 Å². The lowest BCUT2D eigenvalue weighted by atomic mass is 9.94. The summed E-state index contributed by atoms with van der Waals surface area (Å²) in [6.45, 7) is 3.66. The van der Waals surface area contributed by atoms with Crippen LogP contribution in [0.4, 0.5) is 8.78 Å². The molecule has 0 aliphatic carbocycles. The van der Waals surface area contributed by atoms with Gasteiger partial charge in [0.2, 0.25) is 0 Å². The van der Waals surface area contributed by atoms with Crippen molar-refractivity contribution in [1.82, 2.24) is 5.32 Å². The summed E-state index contributed by atoms with van der Waals surface area (Å²) in [4.78, 5) is 0. The first-order valence-corrected chi connectivity index (χ1v) is 6.71. The SMILES string of the molecule is CNC(Cc1ccccc1C)c1c(F)ccc(C)c1F. The highest BCUT2D eigenvalue weighted by molar-refractivity contribution is 5.33. The van der Waals surface area contributed by atoms with Crippen molar-refractivity contribution in [1.29, 1.82) is 0 Å². The van der Waals surface area contributed by atoms with Gasteiger partial charge in [-0.1, -0.05) is 30.3 Å². The molecular formula is C17H19F2N. The average Bonchev–Trinajstić information content (AvgIpc) is 2.44. The Morgan fingerprint density at radius 3 is 2.35 bits per heavy atom. The average molecular weight is 275 g/mol. The maximum absolute atomic E-state index is 14.2. The first-order valence-electron chi connectivity index (χ1n) is 6.71. The fourth-order valence-electron chi connectivity index (χ4n) is 2.41. The number of rotatable bonds is 4. The lowest BCUT2D eigenvalue weighted by Gasteiger charge is -2.20. The quantitative estimate of drug-likeness (QED) is 0.886. The molecule has 0 bridgehead atoms. The van der Waals surface area contributed by atoms with E-state index in [1.54, 1.807) is 14.0 Å². The number of nitrogens with one attached hydrogen (secondary N) is 1. The Kier molecular flexibility index (Phi) is 4.50. The fourth-order valence-corrected chi connectivity index (χ4v) is 2.41. The molecule has 20 heavy (non-hydrogen) atoms. The summed E-state index contributed by atoms with van der Waals surface area (Å²) in [7, 11) is 1.73. The van der Waals surface area contributed by atoms with Crippen molar-refractivity contribution in [2.75, 3.05) is 7.05 Å². The molecule has 0 aromatic heterocycles. The van der Waals surface area contributed by atoms with Crippen LogP contribution in [-0.4, -0.2) is 7.05 Å². The van der Waals surface area contributed by atoms with Crippen LogP contribution in [0.3, 0.4) is 0 Å². The Bertz CT molecular complexity index is 608. The van der Waals surface area contributed by atoms with Crippen LogP contribution in [0.15, 0.2) is 36.4 Å². The van der Waals surface area contributed by atoms with E-state index in [-0.39, 0.29) is 11.6 Å². The molecule has 2 aromatic rings. The Balaban J connectivity index is 2.39. The smallest absolute Gasteiger partial charge is 0.133 e. The second-order valence-electron chi connectivity index (χ2n) is 5.06. The van der Waals surface area contributed by atoms with Gasteiger partial charge in [0.15, 0.2) is 0 Å². The second kappa shape index (κ2) is 6.14. The summed E-state index contributed by atoms with van der Waals surface area (Å²) in [5.41, 5.74) is 2.80. The van der Waals surface area contributed by atoms with Gasteiger partial charge >= 0.3 is 0 Å². The maximum Gasteiger partial charge on any atom is 0.133 e. The normalized spacial score (nSPS) is 12.4. The van der Waals surface area contributed by atoms with E-state index in [1.807, 2.05) is 31.2 Å². The molecule has 2 aromatic carbocycles. The van der Waals surface area contributed by atoms with Gasteiger partial charge in [-0.3, -0.25) is 0 Å². The number of halogens is 2. The lowest BCUT2D eigenvalue weighted by Crippen LogP contribution is -2.22. The van der Waals surface area contributed by atoms with Gasteiger partial charge in [0.1, 0.15) is 11.6 Å². The van der Waals surface area contributed by atoms with Crippen LogP contribution in [0, 0.1) is 25.5 Å². The van der Waals surface area contributed by atoms with E-state index in [0.29, 0.717) is 12.0 Å². The highest BCUT2D eigenvalue weighted by atomic mass is 19.1. The van der Waals surface area contributed by atoms with Gasteiger partial charge in [0, 0.05) is 11.6 Å². The van der Waals surface area contributed by atoms with E-state index >= 15 is 0 Å². The molecule has 1 N–H and O–H groups in total. The third kappa shape index (κ3) is 2.88. The maximum atomic E-state index is 14.2. The monoisotopic (exact) mass is 275 g/mol. The Hall–Kier alpha value is -1.74. The van der Waals surface area contributed by atoms with Crippen LogP contribution >= 0.6 is 0 Å². The molecule has 3 heteroatoms. The summed E-state index contributed by atoms with van der Waals surface area (Å²) in [5.74, 6) is -0.959. The minimum Gasteiger partial charge on any atom is -0.313 e. The summed E-state index contributed by atoms with van der Waals surface area (Å²) in [6.07, 6.45) is 0.556. The van der Waals surface area contributed by atoms with E-state index in [4.69, 9.17) is 0 Å². The molecule has 0 aliphatic rings. The van der Waals surface area contributed by atoms with Crippen molar-refractivity contribution < 1.29 is 8.78 Å². The standard InChI is InChI=1S/C17H19F2N/c1-11-6-4-5-7-13(11)10-15(20-3)16-14(18)9-8-12(2)17(16)19/h4-9,15,20H,10H2,1-3H3. The van der Waals surface area contributed by atoms with E-state index < -0.39 is 11.6 Å². The van der Waals surface area contributed by atoms with Crippen molar-refractivity contribution in [2.24, 2.45) is 0 Å².